The van der Waals surface area contributed by atoms with E-state index in [0.717, 1.165) is 11.8 Å². The van der Waals surface area contributed by atoms with E-state index in [1.54, 1.807) is 0 Å². The molecule has 4 saturated carbocycles. The van der Waals surface area contributed by atoms with Crippen molar-refractivity contribution in [2.75, 3.05) is 0 Å². The van der Waals surface area contributed by atoms with Gasteiger partial charge in [-0.2, -0.15) is 0 Å². The smallest absolute Gasteiger partial charge is 0.0624 e. The van der Waals surface area contributed by atoms with Gasteiger partial charge < -0.3 is 5.11 Å². The molecule has 0 spiro atoms. The monoisotopic (exact) mass is 320 g/mol. The number of rotatable bonds is 11. The van der Waals surface area contributed by atoms with Crippen LogP contribution in [0, 0.1) is 23.2 Å². The van der Waals surface area contributed by atoms with Crippen molar-refractivity contribution in [3.8, 4) is 0 Å². The quantitative estimate of drug-likeness (QED) is 0.432. The van der Waals surface area contributed by atoms with Gasteiger partial charge in [0.15, 0.2) is 0 Å². The highest BCUT2D eigenvalue weighted by molar-refractivity contribution is 5.06. The number of hydrogen-bond acceptors (Lipinski definition) is 1. The lowest BCUT2D eigenvalue weighted by Crippen LogP contribution is -2.55. The predicted octanol–water partition coefficient (Wildman–Crippen LogP) is 6.48. The van der Waals surface area contributed by atoms with Crippen LogP contribution in [0.4, 0.5) is 0 Å². The average molecular weight is 321 g/mol. The maximum atomic E-state index is 10.8. The second-order valence-corrected chi connectivity index (χ2v) is 9.35. The predicted molar refractivity (Wildman–Crippen MR) is 98.5 cm³/mol. The molecule has 4 aliphatic rings. The minimum atomic E-state index is 0.0499. The van der Waals surface area contributed by atoms with Gasteiger partial charge in [0, 0.05) is 0 Å². The summed E-state index contributed by atoms with van der Waals surface area (Å²) < 4.78 is 0. The third-order valence-corrected chi connectivity index (χ3v) is 7.43. The molecule has 4 fully saturated rings. The summed E-state index contributed by atoms with van der Waals surface area (Å²) in [5.74, 6) is 2.61. The first-order chi connectivity index (χ1) is 11.2. The summed E-state index contributed by atoms with van der Waals surface area (Å²) in [6, 6.07) is 0. The number of unbranched alkanes of at least 4 members (excludes halogenated alkanes) is 9. The van der Waals surface area contributed by atoms with E-state index in [1.807, 2.05) is 0 Å². The third-order valence-electron chi connectivity index (χ3n) is 7.43. The Balaban J connectivity index is 1.27. The van der Waals surface area contributed by atoms with Crippen LogP contribution in [0.2, 0.25) is 0 Å². The molecule has 0 radical (unpaired) electrons. The Morgan fingerprint density at radius 3 is 1.83 bits per heavy atom. The highest BCUT2D eigenvalue weighted by Crippen LogP contribution is 2.61. The van der Waals surface area contributed by atoms with Crippen molar-refractivity contribution in [2.24, 2.45) is 23.2 Å². The molecule has 4 aliphatic carbocycles. The summed E-state index contributed by atoms with van der Waals surface area (Å²) in [5.41, 5.74) is 0.356. The minimum Gasteiger partial charge on any atom is -0.392 e. The SMILES string of the molecule is CCCCCCCCCCCCC12C[C@@H]3CC(C[C@@H](C3)C1)C2O. The van der Waals surface area contributed by atoms with E-state index in [0.29, 0.717) is 11.3 Å². The zero-order valence-electron chi connectivity index (χ0n) is 15.6. The van der Waals surface area contributed by atoms with Gasteiger partial charge in [-0.3, -0.25) is 0 Å². The van der Waals surface area contributed by atoms with Gasteiger partial charge in [0.1, 0.15) is 0 Å². The van der Waals surface area contributed by atoms with Crippen LogP contribution in [0.3, 0.4) is 0 Å². The zero-order chi connectivity index (χ0) is 16.1. The summed E-state index contributed by atoms with van der Waals surface area (Å²) in [5, 5.41) is 10.8. The van der Waals surface area contributed by atoms with Gasteiger partial charge in [0.25, 0.3) is 0 Å². The van der Waals surface area contributed by atoms with Crippen molar-refractivity contribution in [3.05, 3.63) is 0 Å². The van der Waals surface area contributed by atoms with E-state index in [1.165, 1.54) is 103 Å². The van der Waals surface area contributed by atoms with Crippen molar-refractivity contribution in [1.29, 1.82) is 0 Å². The fourth-order valence-corrected chi connectivity index (χ4v) is 6.50. The van der Waals surface area contributed by atoms with Gasteiger partial charge >= 0.3 is 0 Å². The van der Waals surface area contributed by atoms with Gasteiger partial charge in [0.2, 0.25) is 0 Å². The Kier molecular flexibility index (Phi) is 6.46. The fourth-order valence-electron chi connectivity index (χ4n) is 6.50. The van der Waals surface area contributed by atoms with Crippen LogP contribution < -0.4 is 0 Å². The van der Waals surface area contributed by atoms with Crippen molar-refractivity contribution >= 4 is 0 Å². The second kappa shape index (κ2) is 8.37. The molecule has 3 unspecified atom stereocenters. The summed E-state index contributed by atoms with van der Waals surface area (Å²) in [7, 11) is 0. The first-order valence-corrected chi connectivity index (χ1v) is 10.9. The molecular formula is C22H40O. The summed E-state index contributed by atoms with van der Waals surface area (Å²) in [6.07, 6.45) is 22.5. The van der Waals surface area contributed by atoms with Crippen LogP contribution in [0.15, 0.2) is 0 Å². The van der Waals surface area contributed by atoms with Crippen molar-refractivity contribution < 1.29 is 5.11 Å². The Morgan fingerprint density at radius 1 is 0.739 bits per heavy atom. The first kappa shape index (κ1) is 17.8. The highest BCUT2D eigenvalue weighted by atomic mass is 16.3. The summed E-state index contributed by atoms with van der Waals surface area (Å²) in [6.45, 7) is 2.29. The van der Waals surface area contributed by atoms with Crippen molar-refractivity contribution in [3.63, 3.8) is 0 Å². The molecule has 0 aromatic heterocycles. The van der Waals surface area contributed by atoms with E-state index in [2.05, 4.69) is 6.92 Å². The molecule has 4 bridgehead atoms. The number of aliphatic hydroxyl groups excluding tert-OH is 1. The molecule has 4 rings (SSSR count). The zero-order valence-corrected chi connectivity index (χ0v) is 15.6. The maximum absolute atomic E-state index is 10.8. The van der Waals surface area contributed by atoms with Gasteiger partial charge in [-0.15, -0.1) is 0 Å². The molecule has 1 nitrogen and oxygen atoms in total. The molecule has 5 atom stereocenters. The summed E-state index contributed by atoms with van der Waals surface area (Å²) >= 11 is 0. The standard InChI is InChI=1S/C22H40O/c1-2-3-4-5-6-7-8-9-10-11-12-22-16-18-13-19(17-22)15-20(14-18)21(22)23/h18-21,23H,2-17H2,1H3/t18-,19+,20?,21?,22?. The lowest BCUT2D eigenvalue weighted by Gasteiger charge is -2.60. The van der Waals surface area contributed by atoms with E-state index < -0.39 is 0 Å². The minimum absolute atomic E-state index is 0.0499. The first-order valence-electron chi connectivity index (χ1n) is 10.9. The molecular weight excluding hydrogens is 280 g/mol. The van der Waals surface area contributed by atoms with Gasteiger partial charge in [-0.25, -0.2) is 0 Å². The molecule has 1 N–H and O–H groups in total. The van der Waals surface area contributed by atoms with Crippen LogP contribution in [-0.4, -0.2) is 11.2 Å². The van der Waals surface area contributed by atoms with Gasteiger partial charge in [-0.1, -0.05) is 71.1 Å². The lowest BCUT2D eigenvalue weighted by atomic mass is 9.47. The third kappa shape index (κ3) is 4.33. The normalized spacial score (nSPS) is 38.3. The van der Waals surface area contributed by atoms with E-state index >= 15 is 0 Å². The molecule has 0 heterocycles. The van der Waals surface area contributed by atoms with Crippen LogP contribution >= 0.6 is 0 Å². The molecule has 0 amide bonds. The summed E-state index contributed by atoms with van der Waals surface area (Å²) in [4.78, 5) is 0. The second-order valence-electron chi connectivity index (χ2n) is 9.35. The molecule has 0 saturated heterocycles. The molecule has 0 aliphatic heterocycles. The Morgan fingerprint density at radius 2 is 1.26 bits per heavy atom. The van der Waals surface area contributed by atoms with Crippen LogP contribution in [0.5, 0.6) is 0 Å². The van der Waals surface area contributed by atoms with Crippen molar-refractivity contribution in [2.45, 2.75) is 116 Å². The number of hydrogen-bond donors (Lipinski definition) is 1. The molecule has 23 heavy (non-hydrogen) atoms. The highest BCUT2D eigenvalue weighted by Gasteiger charge is 2.55. The molecule has 0 aromatic carbocycles. The Labute approximate surface area is 144 Å². The van der Waals surface area contributed by atoms with Crippen molar-refractivity contribution in [1.82, 2.24) is 0 Å². The fraction of sp³-hybridized carbons (Fsp3) is 1.00. The van der Waals surface area contributed by atoms with Gasteiger partial charge in [0.05, 0.1) is 6.10 Å². The van der Waals surface area contributed by atoms with Crippen LogP contribution in [0.25, 0.3) is 0 Å². The molecule has 134 valence electrons. The average Bonchev–Trinajstić information content (AvgIpc) is 2.53. The Bertz CT molecular complexity index is 336. The topological polar surface area (TPSA) is 20.2 Å². The van der Waals surface area contributed by atoms with E-state index in [4.69, 9.17) is 0 Å². The van der Waals surface area contributed by atoms with E-state index in [-0.39, 0.29) is 6.10 Å². The van der Waals surface area contributed by atoms with Crippen LogP contribution in [0.1, 0.15) is 110 Å². The maximum Gasteiger partial charge on any atom is 0.0624 e. The number of aliphatic hydroxyl groups is 1. The lowest BCUT2D eigenvalue weighted by molar-refractivity contribution is -0.159. The molecule has 1 heteroatoms. The Hall–Kier alpha value is -0.0400. The van der Waals surface area contributed by atoms with Crippen LogP contribution in [-0.2, 0) is 0 Å². The van der Waals surface area contributed by atoms with Gasteiger partial charge in [-0.05, 0) is 61.7 Å². The van der Waals surface area contributed by atoms with E-state index in [9.17, 15) is 5.11 Å². The molecule has 0 aromatic rings. The largest absolute Gasteiger partial charge is 0.392 e.